The molecule has 1 unspecified atom stereocenters. The zero-order chi connectivity index (χ0) is 19.4. The van der Waals surface area contributed by atoms with Gasteiger partial charge in [0, 0.05) is 12.8 Å². The van der Waals surface area contributed by atoms with Crippen LogP contribution in [0.3, 0.4) is 0 Å². The standard InChI is InChI=1S/C23H37NO3/c1-14(24-26)19-7-8-20-18-6-5-16-13-17(27-15(2)25)9-11-22(16,3)21(18)10-12-23(19,20)4/h16-21,26H,5-13H2,1-4H3/b24-14+/t16?,17-,18-,19+,20-,21-,22-,23+/m0/s1. The van der Waals surface area contributed by atoms with Crippen LogP contribution in [0.4, 0.5) is 0 Å². The molecule has 4 aliphatic carbocycles. The van der Waals surface area contributed by atoms with E-state index in [1.165, 1.54) is 44.9 Å². The van der Waals surface area contributed by atoms with Gasteiger partial charge in [-0.05, 0) is 99.2 Å². The summed E-state index contributed by atoms with van der Waals surface area (Å²) in [6.07, 6.45) is 11.2. The van der Waals surface area contributed by atoms with E-state index in [9.17, 15) is 10.0 Å². The number of carbonyl (C=O) groups is 1. The van der Waals surface area contributed by atoms with Crippen molar-refractivity contribution in [3.8, 4) is 0 Å². The number of ether oxygens (including phenoxy) is 1. The number of nitrogens with zero attached hydrogens (tertiary/aromatic N) is 1. The molecular formula is C23H37NO3. The van der Waals surface area contributed by atoms with Gasteiger partial charge in [-0.2, -0.15) is 0 Å². The van der Waals surface area contributed by atoms with Crippen LogP contribution in [0.1, 0.15) is 85.5 Å². The van der Waals surface area contributed by atoms with Crippen LogP contribution in [0.25, 0.3) is 0 Å². The Kier molecular flexibility index (Phi) is 4.83. The summed E-state index contributed by atoms with van der Waals surface area (Å²) < 4.78 is 5.58. The molecular weight excluding hydrogens is 338 g/mol. The quantitative estimate of drug-likeness (QED) is 0.303. The highest BCUT2D eigenvalue weighted by molar-refractivity contribution is 5.84. The van der Waals surface area contributed by atoms with Crippen LogP contribution in [-0.4, -0.2) is 23.0 Å². The molecule has 4 heteroatoms. The lowest BCUT2D eigenvalue weighted by Gasteiger charge is -2.61. The molecule has 4 aliphatic rings. The summed E-state index contributed by atoms with van der Waals surface area (Å²) in [4.78, 5) is 11.4. The van der Waals surface area contributed by atoms with E-state index < -0.39 is 0 Å². The van der Waals surface area contributed by atoms with E-state index in [1.807, 2.05) is 6.92 Å². The minimum atomic E-state index is -0.122. The summed E-state index contributed by atoms with van der Waals surface area (Å²) in [5.74, 6) is 3.47. The van der Waals surface area contributed by atoms with Gasteiger partial charge in [-0.3, -0.25) is 4.79 Å². The second-order valence-corrected chi connectivity index (χ2v) is 10.6. The van der Waals surface area contributed by atoms with Crippen molar-refractivity contribution in [3.05, 3.63) is 0 Å². The summed E-state index contributed by atoms with van der Waals surface area (Å²) >= 11 is 0. The van der Waals surface area contributed by atoms with E-state index in [0.29, 0.717) is 22.7 Å². The van der Waals surface area contributed by atoms with Crippen LogP contribution >= 0.6 is 0 Å². The first-order valence-corrected chi connectivity index (χ1v) is 11.2. The topological polar surface area (TPSA) is 58.9 Å². The Labute approximate surface area is 164 Å². The third-order valence-electron chi connectivity index (χ3n) is 9.61. The molecule has 4 saturated carbocycles. The highest BCUT2D eigenvalue weighted by Crippen LogP contribution is 2.67. The van der Waals surface area contributed by atoms with Gasteiger partial charge < -0.3 is 9.94 Å². The summed E-state index contributed by atoms with van der Waals surface area (Å²) in [5.41, 5.74) is 1.68. The van der Waals surface area contributed by atoms with Crippen LogP contribution < -0.4 is 0 Å². The molecule has 0 aromatic carbocycles. The minimum Gasteiger partial charge on any atom is -0.463 e. The van der Waals surface area contributed by atoms with Gasteiger partial charge in [0.05, 0.1) is 5.71 Å². The van der Waals surface area contributed by atoms with E-state index >= 15 is 0 Å². The van der Waals surface area contributed by atoms with Crippen molar-refractivity contribution >= 4 is 11.7 Å². The molecule has 0 radical (unpaired) electrons. The Morgan fingerprint density at radius 1 is 0.963 bits per heavy atom. The lowest BCUT2D eigenvalue weighted by Crippen LogP contribution is -2.54. The fraction of sp³-hybridized carbons (Fsp3) is 0.913. The van der Waals surface area contributed by atoms with Gasteiger partial charge in [-0.25, -0.2) is 0 Å². The number of esters is 1. The smallest absolute Gasteiger partial charge is 0.302 e. The van der Waals surface area contributed by atoms with Gasteiger partial charge in [-0.15, -0.1) is 0 Å². The van der Waals surface area contributed by atoms with Crippen LogP contribution in [-0.2, 0) is 9.53 Å². The second kappa shape index (κ2) is 6.77. The van der Waals surface area contributed by atoms with Crippen LogP contribution in [0.2, 0.25) is 0 Å². The molecule has 0 spiro atoms. The molecule has 0 aromatic heterocycles. The molecule has 152 valence electrons. The number of oxime groups is 1. The third kappa shape index (κ3) is 2.93. The monoisotopic (exact) mass is 375 g/mol. The maximum absolute atomic E-state index is 11.4. The number of rotatable bonds is 2. The SMILES string of the molecule is CC(=O)O[C@H]1CC[C@@]2(C)C(CC[C@H]3[C@@H]4CC[C@H](/C(C)=N/O)[C@@]4(C)CC[C@@H]32)C1. The van der Waals surface area contributed by atoms with Crippen molar-refractivity contribution in [1.82, 2.24) is 0 Å². The minimum absolute atomic E-state index is 0.122. The summed E-state index contributed by atoms with van der Waals surface area (Å²) in [5, 5.41) is 13.0. The normalized spacial score (nSPS) is 49.7. The molecule has 1 N–H and O–H groups in total. The molecule has 8 atom stereocenters. The Hall–Kier alpha value is -1.06. The highest BCUT2D eigenvalue weighted by atomic mass is 16.5. The van der Waals surface area contributed by atoms with Gasteiger partial charge in [0.25, 0.3) is 0 Å². The van der Waals surface area contributed by atoms with Crippen LogP contribution in [0.15, 0.2) is 5.16 Å². The predicted octanol–water partition coefficient (Wildman–Crippen LogP) is 5.43. The fourth-order valence-corrected chi connectivity index (χ4v) is 8.32. The Morgan fingerprint density at radius 2 is 1.67 bits per heavy atom. The fourth-order valence-electron chi connectivity index (χ4n) is 8.32. The van der Waals surface area contributed by atoms with Crippen molar-refractivity contribution in [2.75, 3.05) is 0 Å². The first-order valence-electron chi connectivity index (χ1n) is 11.2. The van der Waals surface area contributed by atoms with E-state index in [1.54, 1.807) is 6.92 Å². The van der Waals surface area contributed by atoms with Gasteiger partial charge in [0.15, 0.2) is 0 Å². The molecule has 0 aliphatic heterocycles. The molecule has 0 aromatic rings. The van der Waals surface area contributed by atoms with Crippen LogP contribution in [0, 0.1) is 40.4 Å². The van der Waals surface area contributed by atoms with E-state index in [2.05, 4.69) is 19.0 Å². The first kappa shape index (κ1) is 19.3. The maximum atomic E-state index is 11.4. The number of fused-ring (bicyclic) bond motifs is 5. The van der Waals surface area contributed by atoms with E-state index in [4.69, 9.17) is 4.74 Å². The van der Waals surface area contributed by atoms with Crippen molar-refractivity contribution in [1.29, 1.82) is 0 Å². The van der Waals surface area contributed by atoms with Crippen molar-refractivity contribution in [2.45, 2.75) is 91.6 Å². The van der Waals surface area contributed by atoms with Gasteiger partial charge in [0.2, 0.25) is 0 Å². The number of hydrogen-bond donors (Lipinski definition) is 1. The average Bonchev–Trinajstić information content (AvgIpc) is 2.98. The Bertz CT molecular complexity index is 631. The van der Waals surface area contributed by atoms with Gasteiger partial charge >= 0.3 is 5.97 Å². The van der Waals surface area contributed by atoms with Crippen molar-refractivity contribution < 1.29 is 14.7 Å². The molecule has 27 heavy (non-hydrogen) atoms. The van der Waals surface area contributed by atoms with E-state index in [0.717, 1.165) is 36.3 Å². The third-order valence-corrected chi connectivity index (χ3v) is 9.61. The number of hydrogen-bond acceptors (Lipinski definition) is 4. The molecule has 4 nitrogen and oxygen atoms in total. The summed E-state index contributed by atoms with van der Waals surface area (Å²) in [6, 6.07) is 0. The molecule has 4 fully saturated rings. The largest absolute Gasteiger partial charge is 0.463 e. The lowest BCUT2D eigenvalue weighted by molar-refractivity contribution is -0.159. The second-order valence-electron chi connectivity index (χ2n) is 10.6. The average molecular weight is 376 g/mol. The molecule has 0 heterocycles. The molecule has 0 amide bonds. The van der Waals surface area contributed by atoms with Gasteiger partial charge in [0.1, 0.15) is 6.10 Å². The van der Waals surface area contributed by atoms with E-state index in [-0.39, 0.29) is 12.1 Å². The van der Waals surface area contributed by atoms with Gasteiger partial charge in [-0.1, -0.05) is 19.0 Å². The Morgan fingerprint density at radius 3 is 2.37 bits per heavy atom. The predicted molar refractivity (Wildman–Crippen MR) is 106 cm³/mol. The highest BCUT2D eigenvalue weighted by Gasteiger charge is 2.60. The maximum Gasteiger partial charge on any atom is 0.302 e. The van der Waals surface area contributed by atoms with Crippen molar-refractivity contribution in [2.24, 2.45) is 45.6 Å². The Balaban J connectivity index is 1.54. The lowest BCUT2D eigenvalue weighted by atomic mass is 9.44. The van der Waals surface area contributed by atoms with Crippen molar-refractivity contribution in [3.63, 3.8) is 0 Å². The molecule has 4 rings (SSSR count). The van der Waals surface area contributed by atoms with Crippen LogP contribution in [0.5, 0.6) is 0 Å². The first-order chi connectivity index (χ1) is 12.8. The zero-order valence-electron chi connectivity index (χ0n) is 17.5. The molecule has 0 bridgehead atoms. The zero-order valence-corrected chi connectivity index (χ0v) is 17.5. The molecule has 0 saturated heterocycles. The number of carbonyl (C=O) groups excluding carboxylic acids is 1. The summed E-state index contributed by atoms with van der Waals surface area (Å²) in [7, 11) is 0. The summed E-state index contributed by atoms with van der Waals surface area (Å²) in [6.45, 7) is 8.58.